The predicted molar refractivity (Wildman–Crippen MR) is 170 cm³/mol. The van der Waals surface area contributed by atoms with Crippen LogP contribution < -0.4 is 14.4 Å². The van der Waals surface area contributed by atoms with E-state index in [0.29, 0.717) is 50.6 Å². The van der Waals surface area contributed by atoms with Crippen LogP contribution in [0.3, 0.4) is 0 Å². The molecule has 0 fully saturated rings. The number of benzene rings is 3. The van der Waals surface area contributed by atoms with E-state index in [9.17, 15) is 13.2 Å². The number of ether oxygens (including phenoxy) is 1. The van der Waals surface area contributed by atoms with Crippen molar-refractivity contribution in [2.24, 2.45) is 0 Å². The van der Waals surface area contributed by atoms with Crippen molar-refractivity contribution in [2.75, 3.05) is 31.8 Å². The third kappa shape index (κ3) is 4.99. The minimum atomic E-state index is -3.67. The van der Waals surface area contributed by atoms with Crippen LogP contribution >= 0.6 is 0 Å². The number of nitrogens with zero attached hydrogens (tertiary/aromatic N) is 2. The molecule has 2 N–H and O–H groups in total. The van der Waals surface area contributed by atoms with Gasteiger partial charge in [0, 0.05) is 59.3 Å². The molecule has 6 rings (SSSR count). The highest BCUT2D eigenvalue weighted by molar-refractivity contribution is 7.92. The molecular formula is C33H30N4O5S. The Morgan fingerprint density at radius 3 is 2.42 bits per heavy atom. The van der Waals surface area contributed by atoms with Crippen LogP contribution in [-0.4, -0.2) is 51.8 Å². The van der Waals surface area contributed by atoms with E-state index >= 15 is 0 Å². The second kappa shape index (κ2) is 10.6. The van der Waals surface area contributed by atoms with Crippen molar-refractivity contribution < 1.29 is 22.4 Å². The number of aromatic nitrogens is 2. The summed E-state index contributed by atoms with van der Waals surface area (Å²) in [6.45, 7) is 1.98. The van der Waals surface area contributed by atoms with Crippen LogP contribution in [0.2, 0.25) is 0 Å². The third-order valence-corrected chi connectivity index (χ3v) is 8.78. The lowest BCUT2D eigenvalue weighted by atomic mass is 9.98. The molecule has 0 atom stereocenters. The summed E-state index contributed by atoms with van der Waals surface area (Å²) in [6.07, 6.45) is 2.77. The first-order chi connectivity index (χ1) is 20.6. The zero-order valence-corrected chi connectivity index (χ0v) is 25.2. The molecule has 0 aliphatic rings. The molecule has 3 aromatic carbocycles. The predicted octanol–water partition coefficient (Wildman–Crippen LogP) is 6.38. The molecule has 0 unspecified atom stereocenters. The number of hydrogen-bond donors (Lipinski definition) is 2. The normalized spacial score (nSPS) is 11.7. The van der Waals surface area contributed by atoms with Crippen LogP contribution in [0.25, 0.3) is 55.6 Å². The van der Waals surface area contributed by atoms with E-state index in [1.54, 1.807) is 32.5 Å². The second-order valence-corrected chi connectivity index (χ2v) is 12.4. The van der Waals surface area contributed by atoms with E-state index in [-0.39, 0.29) is 5.91 Å². The summed E-state index contributed by atoms with van der Waals surface area (Å²) >= 11 is 0. The molecule has 3 heterocycles. The monoisotopic (exact) mass is 594 g/mol. The maximum absolute atomic E-state index is 13.3. The first-order valence-corrected chi connectivity index (χ1v) is 15.4. The number of H-pyrrole nitrogens is 1. The fourth-order valence-corrected chi connectivity index (χ4v) is 5.74. The summed E-state index contributed by atoms with van der Waals surface area (Å²) in [5.41, 5.74) is 6.53. The number of methoxy groups -OCH3 is 1. The number of carbonyl (C=O) groups is 1. The van der Waals surface area contributed by atoms with Gasteiger partial charge >= 0.3 is 0 Å². The summed E-state index contributed by atoms with van der Waals surface area (Å²) in [5, 5.41) is 4.29. The van der Waals surface area contributed by atoms with Gasteiger partial charge in [-0.2, -0.15) is 0 Å². The number of furan rings is 1. The van der Waals surface area contributed by atoms with Crippen molar-refractivity contribution in [3.8, 4) is 39.6 Å². The number of aryl methyl sites for hydroxylation is 1. The van der Waals surface area contributed by atoms with Gasteiger partial charge in [0.1, 0.15) is 11.3 Å². The van der Waals surface area contributed by atoms with Gasteiger partial charge in [0.2, 0.25) is 15.9 Å². The lowest BCUT2D eigenvalue weighted by Crippen LogP contribution is -2.25. The van der Waals surface area contributed by atoms with Gasteiger partial charge in [0.05, 0.1) is 35.9 Å². The molecule has 0 aliphatic heterocycles. The molecule has 218 valence electrons. The maximum atomic E-state index is 13.3. The fraction of sp³-hybridized carbons (Fsp3) is 0.152. The largest absolute Gasteiger partial charge is 0.481 e. The molecule has 10 heteroatoms. The summed E-state index contributed by atoms with van der Waals surface area (Å²) < 4.78 is 38.7. The van der Waals surface area contributed by atoms with Gasteiger partial charge in [-0.25, -0.2) is 13.4 Å². The number of anilines is 1. The molecule has 0 radical (unpaired) electrons. The van der Waals surface area contributed by atoms with E-state index in [4.69, 9.17) is 9.15 Å². The highest BCUT2D eigenvalue weighted by atomic mass is 32.2. The Labute approximate surface area is 249 Å². The van der Waals surface area contributed by atoms with Crippen LogP contribution in [0.1, 0.15) is 15.9 Å². The fourth-order valence-electron chi connectivity index (χ4n) is 5.23. The van der Waals surface area contributed by atoms with Crippen LogP contribution in [0.5, 0.6) is 5.88 Å². The van der Waals surface area contributed by atoms with Crippen molar-refractivity contribution in [1.29, 1.82) is 0 Å². The van der Waals surface area contributed by atoms with Crippen LogP contribution in [0.4, 0.5) is 5.69 Å². The van der Waals surface area contributed by atoms with Crippen LogP contribution in [-0.2, 0) is 10.0 Å². The van der Waals surface area contributed by atoms with E-state index in [1.165, 1.54) is 11.4 Å². The van der Waals surface area contributed by atoms with Crippen molar-refractivity contribution in [3.05, 3.63) is 90.1 Å². The highest BCUT2D eigenvalue weighted by Crippen LogP contribution is 2.43. The Balaban J connectivity index is 1.64. The van der Waals surface area contributed by atoms with E-state index < -0.39 is 10.0 Å². The molecule has 1 amide bonds. The lowest BCUT2D eigenvalue weighted by Gasteiger charge is -2.21. The topological polar surface area (TPSA) is 118 Å². The SMILES string of the molecule is CNC(=O)c1c(-c2ccc(C)cc2)oc2cc(N(C)S(C)(=O)=O)c(-c3cnc(OC)c(-c4cc5ccccc5[nH]4)c3)cc12. The summed E-state index contributed by atoms with van der Waals surface area (Å²) in [4.78, 5) is 21.3. The molecule has 43 heavy (non-hydrogen) atoms. The molecule has 6 aromatic rings. The average Bonchev–Trinajstić information content (AvgIpc) is 3.61. The standard InChI is InChI=1S/C33H30N4O5S/c1-19-10-12-20(13-11-19)31-30(32(38)34-2)25-16-23(28(17-29(25)42-31)37(3)43(5,39)40)22-14-24(33(41-4)35-18-22)27-15-21-8-6-7-9-26(21)36-27/h6-18,36H,1-5H3,(H,34,38). The molecule has 3 aromatic heterocycles. The Kier molecular flexibility index (Phi) is 6.94. The van der Waals surface area contributed by atoms with E-state index in [0.717, 1.165) is 34.0 Å². The smallest absolute Gasteiger partial charge is 0.255 e. The van der Waals surface area contributed by atoms with E-state index in [1.807, 2.05) is 67.6 Å². The summed E-state index contributed by atoms with van der Waals surface area (Å²) in [7, 11) is 0.932. The number of sulfonamides is 1. The second-order valence-electron chi connectivity index (χ2n) is 10.4. The summed E-state index contributed by atoms with van der Waals surface area (Å²) in [5.74, 6) is 0.479. The summed E-state index contributed by atoms with van der Waals surface area (Å²) in [6, 6.07) is 22.9. The minimum Gasteiger partial charge on any atom is -0.481 e. The minimum absolute atomic E-state index is 0.323. The van der Waals surface area contributed by atoms with Crippen LogP contribution in [0.15, 0.2) is 83.4 Å². The molecule has 0 aliphatic carbocycles. The molecule has 0 bridgehead atoms. The number of amides is 1. The van der Waals surface area contributed by atoms with Crippen molar-refractivity contribution >= 4 is 43.5 Å². The number of para-hydroxylation sites is 1. The Bertz CT molecular complexity index is 2100. The molecule has 0 saturated heterocycles. The molecule has 9 nitrogen and oxygen atoms in total. The third-order valence-electron chi connectivity index (χ3n) is 7.59. The van der Waals surface area contributed by atoms with Gasteiger partial charge in [-0.05, 0) is 31.2 Å². The van der Waals surface area contributed by atoms with Crippen molar-refractivity contribution in [1.82, 2.24) is 15.3 Å². The highest BCUT2D eigenvalue weighted by Gasteiger charge is 2.26. The first kappa shape index (κ1) is 28.0. The number of nitrogens with one attached hydrogen (secondary N) is 2. The Morgan fingerprint density at radius 1 is 1.00 bits per heavy atom. The number of pyridine rings is 1. The zero-order chi connectivity index (χ0) is 30.5. The number of aromatic amines is 1. The quantitative estimate of drug-likeness (QED) is 0.221. The number of fused-ring (bicyclic) bond motifs is 2. The number of rotatable bonds is 7. The lowest BCUT2D eigenvalue weighted by molar-refractivity contribution is 0.0964. The van der Waals surface area contributed by atoms with Crippen molar-refractivity contribution in [3.63, 3.8) is 0 Å². The van der Waals surface area contributed by atoms with Gasteiger partial charge in [-0.15, -0.1) is 0 Å². The van der Waals surface area contributed by atoms with Gasteiger partial charge < -0.3 is 19.5 Å². The van der Waals surface area contributed by atoms with Gasteiger partial charge in [0.25, 0.3) is 5.91 Å². The molecule has 0 spiro atoms. The van der Waals surface area contributed by atoms with Gasteiger partial charge in [0.15, 0.2) is 0 Å². The number of hydrogen-bond acceptors (Lipinski definition) is 6. The van der Waals surface area contributed by atoms with Gasteiger partial charge in [-0.1, -0.05) is 48.0 Å². The Morgan fingerprint density at radius 2 is 1.74 bits per heavy atom. The van der Waals surface area contributed by atoms with Crippen LogP contribution in [0, 0.1) is 6.92 Å². The maximum Gasteiger partial charge on any atom is 0.255 e. The van der Waals surface area contributed by atoms with E-state index in [2.05, 4.69) is 15.3 Å². The number of carbonyl (C=O) groups excluding carboxylic acids is 1. The molecule has 0 saturated carbocycles. The zero-order valence-electron chi connectivity index (χ0n) is 24.3. The first-order valence-electron chi connectivity index (χ1n) is 13.5. The Hall–Kier alpha value is -5.09. The van der Waals surface area contributed by atoms with Crippen molar-refractivity contribution in [2.45, 2.75) is 6.92 Å². The average molecular weight is 595 g/mol. The molecular weight excluding hydrogens is 564 g/mol. The van der Waals surface area contributed by atoms with Gasteiger partial charge in [-0.3, -0.25) is 9.10 Å².